The zero-order valence-corrected chi connectivity index (χ0v) is 16.4. The van der Waals surface area contributed by atoms with E-state index in [1.165, 1.54) is 0 Å². The van der Waals surface area contributed by atoms with Crippen LogP contribution in [0.5, 0.6) is 0 Å². The number of aromatic amines is 1. The Morgan fingerprint density at radius 1 is 1.14 bits per heavy atom. The van der Waals surface area contributed by atoms with Crippen molar-refractivity contribution >= 4 is 5.82 Å². The number of hydrogen-bond acceptors (Lipinski definition) is 5. The van der Waals surface area contributed by atoms with Gasteiger partial charge in [0.1, 0.15) is 17.5 Å². The van der Waals surface area contributed by atoms with Crippen LogP contribution in [0.3, 0.4) is 0 Å². The minimum absolute atomic E-state index is 0.139. The predicted molar refractivity (Wildman–Crippen MR) is 109 cm³/mol. The topological polar surface area (TPSA) is 79.7 Å². The Kier molecular flexibility index (Phi) is 5.23. The molecular formula is C21H26N6O. The summed E-state index contributed by atoms with van der Waals surface area (Å²) in [5.41, 5.74) is 2.04. The van der Waals surface area contributed by atoms with Crippen LogP contribution in [-0.4, -0.2) is 37.8 Å². The molecule has 0 aliphatic carbocycles. The Labute approximate surface area is 164 Å². The molecule has 4 rings (SSSR count). The Balaban J connectivity index is 1.49. The smallest absolute Gasteiger partial charge is 0.343 e. The first-order chi connectivity index (χ1) is 13.6. The van der Waals surface area contributed by atoms with Gasteiger partial charge in [0.15, 0.2) is 0 Å². The molecular weight excluding hydrogens is 352 g/mol. The monoisotopic (exact) mass is 378 g/mol. The fourth-order valence-electron chi connectivity index (χ4n) is 3.88. The molecule has 1 fully saturated rings. The molecule has 1 saturated heterocycles. The highest BCUT2D eigenvalue weighted by molar-refractivity contribution is 5.40. The maximum atomic E-state index is 12.3. The lowest BCUT2D eigenvalue weighted by Crippen LogP contribution is -2.35. The number of benzene rings is 1. The van der Waals surface area contributed by atoms with Crippen molar-refractivity contribution in [3.63, 3.8) is 0 Å². The largest absolute Gasteiger partial charge is 0.356 e. The number of anilines is 1. The van der Waals surface area contributed by atoms with Crippen LogP contribution in [-0.2, 0) is 13.0 Å². The van der Waals surface area contributed by atoms with Gasteiger partial charge in [0.05, 0.1) is 6.54 Å². The molecule has 7 nitrogen and oxygen atoms in total. The molecule has 3 aromatic rings. The summed E-state index contributed by atoms with van der Waals surface area (Å²) in [6.07, 6.45) is 2.80. The lowest BCUT2D eigenvalue weighted by Gasteiger charge is -2.32. The van der Waals surface area contributed by atoms with E-state index in [0.29, 0.717) is 6.54 Å². The summed E-state index contributed by atoms with van der Waals surface area (Å²) in [6.45, 7) is 6.41. The van der Waals surface area contributed by atoms with Gasteiger partial charge in [0.2, 0.25) is 0 Å². The summed E-state index contributed by atoms with van der Waals surface area (Å²) in [5.74, 6) is 2.96. The molecule has 0 atom stereocenters. The number of piperidine rings is 1. The summed E-state index contributed by atoms with van der Waals surface area (Å²) in [6, 6.07) is 12.1. The quantitative estimate of drug-likeness (QED) is 0.738. The molecule has 0 spiro atoms. The molecule has 0 bridgehead atoms. The second-order valence-electron chi connectivity index (χ2n) is 7.34. The molecule has 1 N–H and O–H groups in total. The van der Waals surface area contributed by atoms with E-state index in [2.05, 4.69) is 38.1 Å². The van der Waals surface area contributed by atoms with Crippen LogP contribution in [0, 0.1) is 6.92 Å². The van der Waals surface area contributed by atoms with Crippen molar-refractivity contribution in [1.29, 1.82) is 0 Å². The maximum Gasteiger partial charge on any atom is 0.343 e. The van der Waals surface area contributed by atoms with Gasteiger partial charge in [-0.3, -0.25) is 4.57 Å². The summed E-state index contributed by atoms with van der Waals surface area (Å²) < 4.78 is 1.78. The maximum absolute atomic E-state index is 12.3. The average Bonchev–Trinajstić information content (AvgIpc) is 3.08. The predicted octanol–water partition coefficient (Wildman–Crippen LogP) is 2.66. The normalized spacial score (nSPS) is 15.1. The van der Waals surface area contributed by atoms with E-state index in [1.54, 1.807) is 4.57 Å². The van der Waals surface area contributed by atoms with E-state index in [9.17, 15) is 4.79 Å². The van der Waals surface area contributed by atoms with Crippen LogP contribution in [0.15, 0.2) is 41.2 Å². The van der Waals surface area contributed by atoms with Gasteiger partial charge < -0.3 is 4.90 Å². The molecule has 0 saturated carbocycles. The van der Waals surface area contributed by atoms with Crippen LogP contribution < -0.4 is 10.6 Å². The third kappa shape index (κ3) is 3.83. The van der Waals surface area contributed by atoms with Crippen molar-refractivity contribution < 1.29 is 0 Å². The van der Waals surface area contributed by atoms with Gasteiger partial charge in [-0.05, 0) is 31.7 Å². The van der Waals surface area contributed by atoms with Gasteiger partial charge in [-0.2, -0.15) is 5.10 Å². The van der Waals surface area contributed by atoms with E-state index in [0.717, 1.165) is 61.1 Å². The first-order valence-electron chi connectivity index (χ1n) is 9.92. The van der Waals surface area contributed by atoms with E-state index in [4.69, 9.17) is 0 Å². The molecule has 0 amide bonds. The number of rotatable bonds is 5. The third-order valence-corrected chi connectivity index (χ3v) is 5.40. The van der Waals surface area contributed by atoms with Crippen LogP contribution in [0.2, 0.25) is 0 Å². The molecule has 146 valence electrons. The SMILES string of the molecule is CCc1cc(N2CCC(c3n[nH]c(=O)n3Cc3ccccc3)CC2)nc(C)n1. The fourth-order valence-corrected chi connectivity index (χ4v) is 3.88. The van der Waals surface area contributed by atoms with Gasteiger partial charge in [-0.1, -0.05) is 37.3 Å². The second kappa shape index (κ2) is 7.96. The van der Waals surface area contributed by atoms with Gasteiger partial charge in [0.25, 0.3) is 0 Å². The molecule has 0 radical (unpaired) electrons. The van der Waals surface area contributed by atoms with Crippen molar-refractivity contribution in [3.05, 3.63) is 69.8 Å². The van der Waals surface area contributed by atoms with E-state index in [-0.39, 0.29) is 11.6 Å². The molecule has 1 aliphatic rings. The van der Waals surface area contributed by atoms with Gasteiger partial charge in [0, 0.05) is 30.8 Å². The first-order valence-corrected chi connectivity index (χ1v) is 9.92. The minimum atomic E-state index is -0.139. The number of aromatic nitrogens is 5. The molecule has 2 aromatic heterocycles. The Morgan fingerprint density at radius 2 is 1.89 bits per heavy atom. The second-order valence-corrected chi connectivity index (χ2v) is 7.34. The first kappa shape index (κ1) is 18.4. The van der Waals surface area contributed by atoms with Crippen molar-refractivity contribution in [2.45, 2.75) is 45.6 Å². The number of nitrogens with one attached hydrogen (secondary N) is 1. The van der Waals surface area contributed by atoms with Crippen LogP contribution in [0.1, 0.15) is 48.6 Å². The summed E-state index contributed by atoms with van der Waals surface area (Å²) in [7, 11) is 0. The fraction of sp³-hybridized carbons (Fsp3) is 0.429. The molecule has 3 heterocycles. The highest BCUT2D eigenvalue weighted by atomic mass is 16.1. The Morgan fingerprint density at radius 3 is 2.61 bits per heavy atom. The zero-order chi connectivity index (χ0) is 19.5. The van der Waals surface area contributed by atoms with E-state index in [1.807, 2.05) is 37.3 Å². The Bertz CT molecular complexity index is 986. The van der Waals surface area contributed by atoms with Gasteiger partial charge in [-0.25, -0.2) is 19.9 Å². The molecule has 0 unspecified atom stereocenters. The standard InChI is InChI=1S/C21H26N6O/c1-3-18-13-19(23-15(2)22-18)26-11-9-17(10-12-26)20-24-25-21(28)27(20)14-16-7-5-4-6-8-16/h4-8,13,17H,3,9-12,14H2,1-2H3,(H,25,28). The van der Waals surface area contributed by atoms with E-state index >= 15 is 0 Å². The lowest BCUT2D eigenvalue weighted by atomic mass is 9.95. The molecule has 1 aliphatic heterocycles. The van der Waals surface area contributed by atoms with Gasteiger partial charge >= 0.3 is 5.69 Å². The molecule has 28 heavy (non-hydrogen) atoms. The van der Waals surface area contributed by atoms with Crippen molar-refractivity contribution in [2.24, 2.45) is 0 Å². The van der Waals surface area contributed by atoms with Gasteiger partial charge in [-0.15, -0.1) is 0 Å². The zero-order valence-electron chi connectivity index (χ0n) is 16.4. The number of H-pyrrole nitrogens is 1. The summed E-state index contributed by atoms with van der Waals surface area (Å²) >= 11 is 0. The summed E-state index contributed by atoms with van der Waals surface area (Å²) in [5, 5.41) is 7.00. The molecule has 1 aromatic carbocycles. The lowest BCUT2D eigenvalue weighted by molar-refractivity contribution is 0.465. The minimum Gasteiger partial charge on any atom is -0.356 e. The Hall–Kier alpha value is -2.96. The highest BCUT2D eigenvalue weighted by Gasteiger charge is 2.26. The van der Waals surface area contributed by atoms with Crippen molar-refractivity contribution in [2.75, 3.05) is 18.0 Å². The molecule has 7 heteroatoms. The van der Waals surface area contributed by atoms with Crippen molar-refractivity contribution in [1.82, 2.24) is 24.7 Å². The average molecular weight is 378 g/mol. The highest BCUT2D eigenvalue weighted by Crippen LogP contribution is 2.28. The third-order valence-electron chi connectivity index (χ3n) is 5.40. The van der Waals surface area contributed by atoms with Crippen molar-refractivity contribution in [3.8, 4) is 0 Å². The summed E-state index contributed by atoms with van der Waals surface area (Å²) in [4.78, 5) is 23.7. The van der Waals surface area contributed by atoms with Crippen LogP contribution in [0.4, 0.5) is 5.82 Å². The van der Waals surface area contributed by atoms with Crippen LogP contribution in [0.25, 0.3) is 0 Å². The number of hydrogen-bond donors (Lipinski definition) is 1. The number of aryl methyl sites for hydroxylation is 2. The van der Waals surface area contributed by atoms with Crippen LogP contribution >= 0.6 is 0 Å². The number of nitrogens with zero attached hydrogens (tertiary/aromatic N) is 5. The van der Waals surface area contributed by atoms with E-state index < -0.39 is 0 Å².